The van der Waals surface area contributed by atoms with Crippen LogP contribution in [0.2, 0.25) is 0 Å². The summed E-state index contributed by atoms with van der Waals surface area (Å²) >= 11 is 0. The Labute approximate surface area is 231 Å². The van der Waals surface area contributed by atoms with Gasteiger partial charge in [-0.15, -0.1) is 0 Å². The maximum Gasteiger partial charge on any atom is 0.254 e. The third kappa shape index (κ3) is 6.47. The van der Waals surface area contributed by atoms with E-state index in [1.165, 1.54) is 36.7 Å². The van der Waals surface area contributed by atoms with E-state index in [4.69, 9.17) is 10.00 Å². The minimum atomic E-state index is -0.609. The molecule has 7 nitrogen and oxygen atoms in total. The Kier molecular flexibility index (Phi) is 8.38. The summed E-state index contributed by atoms with van der Waals surface area (Å²) in [6.07, 6.45) is 4.38. The number of nitrogens with zero attached hydrogens (tertiary/aromatic N) is 4. The number of amides is 1. The van der Waals surface area contributed by atoms with Gasteiger partial charge < -0.3 is 10.1 Å². The van der Waals surface area contributed by atoms with Crippen LogP contribution in [0.4, 0.5) is 8.78 Å². The number of hydrogen-bond acceptors (Lipinski definition) is 6. The molecule has 1 aromatic heterocycles. The second-order valence-corrected chi connectivity index (χ2v) is 9.58. The highest BCUT2D eigenvalue weighted by Gasteiger charge is 2.28. The molecule has 1 amide bonds. The summed E-state index contributed by atoms with van der Waals surface area (Å²) < 4.78 is 33.5. The standard InChI is InChI=1S/C31H27F2N5O2/c32-25-8-4-7-22(15-25)30-35-18-24(19-36-30)31(39)37-26-11-13-38(14-12-26)29(21-5-2-1-3-6-21)20-40-27-10-9-23(17-34)28(33)16-27/h1-10,15-16,18-19,26,29H,11-14,20H2,(H,37,39). The lowest BCUT2D eigenvalue weighted by Crippen LogP contribution is -2.46. The number of hydrogen-bond donors (Lipinski definition) is 1. The van der Waals surface area contributed by atoms with Crippen LogP contribution in [0.25, 0.3) is 11.4 Å². The van der Waals surface area contributed by atoms with Gasteiger partial charge in [0.15, 0.2) is 5.82 Å². The molecule has 40 heavy (non-hydrogen) atoms. The average molecular weight is 540 g/mol. The van der Waals surface area contributed by atoms with E-state index in [2.05, 4.69) is 20.2 Å². The molecule has 1 atom stereocenters. The van der Waals surface area contributed by atoms with Crippen molar-refractivity contribution in [1.82, 2.24) is 20.2 Å². The number of likely N-dealkylation sites (tertiary alicyclic amines) is 1. The van der Waals surface area contributed by atoms with Crippen molar-refractivity contribution >= 4 is 5.91 Å². The molecule has 2 heterocycles. The number of nitriles is 1. The van der Waals surface area contributed by atoms with E-state index >= 15 is 0 Å². The van der Waals surface area contributed by atoms with Crippen LogP contribution in [-0.2, 0) is 0 Å². The summed E-state index contributed by atoms with van der Waals surface area (Å²) in [7, 11) is 0. The van der Waals surface area contributed by atoms with E-state index in [1.807, 2.05) is 36.4 Å². The Morgan fingerprint density at radius 2 is 1.77 bits per heavy atom. The molecule has 0 radical (unpaired) electrons. The van der Waals surface area contributed by atoms with Gasteiger partial charge in [0.1, 0.15) is 30.1 Å². The number of ether oxygens (including phenoxy) is 1. The van der Waals surface area contributed by atoms with Gasteiger partial charge >= 0.3 is 0 Å². The number of carbonyl (C=O) groups is 1. The number of carbonyl (C=O) groups excluding carboxylic acids is 1. The molecule has 1 fully saturated rings. The van der Waals surface area contributed by atoms with Crippen molar-refractivity contribution < 1.29 is 18.3 Å². The molecular weight excluding hydrogens is 512 g/mol. The van der Waals surface area contributed by atoms with Crippen molar-refractivity contribution in [2.24, 2.45) is 0 Å². The topological polar surface area (TPSA) is 91.1 Å². The minimum Gasteiger partial charge on any atom is -0.491 e. The molecule has 5 rings (SSSR count). The van der Waals surface area contributed by atoms with Gasteiger partial charge in [0.2, 0.25) is 0 Å². The van der Waals surface area contributed by atoms with E-state index in [9.17, 15) is 13.6 Å². The Hall–Kier alpha value is -4.68. The van der Waals surface area contributed by atoms with Crippen LogP contribution in [0.3, 0.4) is 0 Å². The van der Waals surface area contributed by atoms with E-state index in [-0.39, 0.29) is 29.4 Å². The number of nitrogens with one attached hydrogen (secondary N) is 1. The number of aromatic nitrogens is 2. The lowest BCUT2D eigenvalue weighted by molar-refractivity contribution is 0.0837. The zero-order valence-corrected chi connectivity index (χ0v) is 21.6. The van der Waals surface area contributed by atoms with E-state index < -0.39 is 5.82 Å². The van der Waals surface area contributed by atoms with Crippen molar-refractivity contribution in [3.8, 4) is 23.2 Å². The van der Waals surface area contributed by atoms with Gasteiger partial charge in [-0.2, -0.15) is 5.26 Å². The third-order valence-corrected chi connectivity index (χ3v) is 6.96. The molecule has 9 heteroatoms. The molecule has 0 bridgehead atoms. The summed E-state index contributed by atoms with van der Waals surface area (Å²) in [5.74, 6) is -0.525. The normalized spacial score (nSPS) is 14.7. The Balaban J connectivity index is 1.19. The second kappa shape index (κ2) is 12.5. The molecule has 0 saturated carbocycles. The molecule has 1 saturated heterocycles. The van der Waals surface area contributed by atoms with Crippen molar-refractivity contribution in [2.75, 3.05) is 19.7 Å². The molecule has 4 aromatic rings. The van der Waals surface area contributed by atoms with Crippen LogP contribution >= 0.6 is 0 Å². The first-order chi connectivity index (χ1) is 19.5. The van der Waals surface area contributed by atoms with E-state index in [0.29, 0.717) is 29.3 Å². The molecule has 1 unspecified atom stereocenters. The predicted molar refractivity (Wildman–Crippen MR) is 145 cm³/mol. The van der Waals surface area contributed by atoms with Gasteiger partial charge in [0.05, 0.1) is 17.2 Å². The van der Waals surface area contributed by atoms with Crippen molar-refractivity contribution in [2.45, 2.75) is 24.9 Å². The van der Waals surface area contributed by atoms with Crippen LogP contribution in [0.5, 0.6) is 5.75 Å². The van der Waals surface area contributed by atoms with Crippen molar-refractivity contribution in [1.29, 1.82) is 5.26 Å². The smallest absolute Gasteiger partial charge is 0.254 e. The Morgan fingerprint density at radius 3 is 2.45 bits per heavy atom. The number of piperidine rings is 1. The Bertz CT molecular complexity index is 1500. The van der Waals surface area contributed by atoms with Crippen LogP contribution in [-0.4, -0.2) is 46.5 Å². The third-order valence-electron chi connectivity index (χ3n) is 6.96. The summed E-state index contributed by atoms with van der Waals surface area (Å²) in [6.45, 7) is 1.76. The van der Waals surface area contributed by atoms with Crippen LogP contribution in [0, 0.1) is 23.0 Å². The lowest BCUT2D eigenvalue weighted by Gasteiger charge is -2.38. The summed E-state index contributed by atoms with van der Waals surface area (Å²) in [5.41, 5.74) is 1.94. The minimum absolute atomic E-state index is 0.0170. The van der Waals surface area contributed by atoms with Gasteiger partial charge in [0.25, 0.3) is 5.91 Å². The highest BCUT2D eigenvalue weighted by atomic mass is 19.1. The monoisotopic (exact) mass is 539 g/mol. The molecule has 202 valence electrons. The van der Waals surface area contributed by atoms with Gasteiger partial charge in [-0.1, -0.05) is 42.5 Å². The van der Waals surface area contributed by atoms with Gasteiger partial charge in [-0.05, 0) is 42.7 Å². The molecular formula is C31H27F2N5O2. The molecule has 0 spiro atoms. The highest BCUT2D eigenvalue weighted by Crippen LogP contribution is 2.27. The second-order valence-electron chi connectivity index (χ2n) is 9.58. The summed E-state index contributed by atoms with van der Waals surface area (Å²) in [5, 5.41) is 12.0. The fraction of sp³-hybridized carbons (Fsp3) is 0.226. The molecule has 3 aromatic carbocycles. The Morgan fingerprint density at radius 1 is 1.02 bits per heavy atom. The molecule has 1 N–H and O–H groups in total. The van der Waals surface area contributed by atoms with E-state index in [0.717, 1.165) is 31.5 Å². The first-order valence-electron chi connectivity index (χ1n) is 13.0. The van der Waals surface area contributed by atoms with Gasteiger partial charge in [-0.25, -0.2) is 18.7 Å². The maximum absolute atomic E-state index is 14.1. The fourth-order valence-electron chi connectivity index (χ4n) is 4.79. The lowest BCUT2D eigenvalue weighted by atomic mass is 9.99. The highest BCUT2D eigenvalue weighted by molar-refractivity contribution is 5.93. The first kappa shape index (κ1) is 26.9. The van der Waals surface area contributed by atoms with Crippen LogP contribution < -0.4 is 10.1 Å². The number of benzene rings is 3. The van der Waals surface area contributed by atoms with Crippen molar-refractivity contribution in [3.63, 3.8) is 0 Å². The molecule has 0 aliphatic carbocycles. The summed E-state index contributed by atoms with van der Waals surface area (Å²) in [4.78, 5) is 23.6. The fourth-order valence-corrected chi connectivity index (χ4v) is 4.79. The quantitative estimate of drug-likeness (QED) is 0.327. The predicted octanol–water partition coefficient (Wildman–Crippen LogP) is 5.31. The maximum atomic E-state index is 14.1. The number of halogens is 2. The largest absolute Gasteiger partial charge is 0.491 e. The van der Waals surface area contributed by atoms with Gasteiger partial charge in [0, 0.05) is 43.2 Å². The zero-order chi connectivity index (χ0) is 27.9. The first-order valence-corrected chi connectivity index (χ1v) is 13.0. The molecule has 1 aliphatic heterocycles. The van der Waals surface area contributed by atoms with E-state index in [1.54, 1.807) is 18.2 Å². The summed E-state index contributed by atoms with van der Waals surface area (Å²) in [6, 6.07) is 21.9. The van der Waals surface area contributed by atoms with Crippen LogP contribution in [0.1, 0.15) is 40.4 Å². The SMILES string of the molecule is N#Cc1ccc(OCC(c2ccccc2)N2CCC(NC(=O)c3cnc(-c4cccc(F)c4)nc3)CC2)cc1F. The van der Waals surface area contributed by atoms with Crippen molar-refractivity contribution in [3.05, 3.63) is 114 Å². The van der Waals surface area contributed by atoms with Crippen LogP contribution in [0.15, 0.2) is 85.2 Å². The zero-order valence-electron chi connectivity index (χ0n) is 21.6. The molecule has 1 aliphatic rings. The number of rotatable bonds is 8. The average Bonchev–Trinajstić information content (AvgIpc) is 2.99. The van der Waals surface area contributed by atoms with Gasteiger partial charge in [-0.3, -0.25) is 9.69 Å².